The fourth-order valence-electron chi connectivity index (χ4n) is 1.73. The van der Waals surface area contributed by atoms with E-state index >= 15 is 0 Å². The summed E-state index contributed by atoms with van der Waals surface area (Å²) in [7, 11) is 0. The van der Waals surface area contributed by atoms with Crippen molar-refractivity contribution in [1.29, 1.82) is 0 Å². The van der Waals surface area contributed by atoms with Gasteiger partial charge in [-0.15, -0.1) is 0 Å². The van der Waals surface area contributed by atoms with Crippen molar-refractivity contribution in [2.45, 2.75) is 26.7 Å². The quantitative estimate of drug-likeness (QED) is 0.848. The van der Waals surface area contributed by atoms with Crippen LogP contribution < -0.4 is 11.1 Å². The molecule has 1 amide bonds. The first-order valence-corrected chi connectivity index (χ1v) is 6.98. The van der Waals surface area contributed by atoms with Crippen molar-refractivity contribution in [2.24, 2.45) is 11.1 Å². The lowest BCUT2D eigenvalue weighted by molar-refractivity contribution is -0.129. The second-order valence-electron chi connectivity index (χ2n) is 5.02. The fraction of sp³-hybridized carbons (Fsp3) is 0.500. The van der Waals surface area contributed by atoms with Gasteiger partial charge in [-0.1, -0.05) is 48.0 Å². The molecule has 0 aliphatic heterocycles. The first-order chi connectivity index (χ1) is 8.47. The molecule has 18 heavy (non-hydrogen) atoms. The van der Waals surface area contributed by atoms with Gasteiger partial charge in [0.15, 0.2) is 0 Å². The fourth-order valence-corrected chi connectivity index (χ4v) is 2.21. The summed E-state index contributed by atoms with van der Waals surface area (Å²) in [4.78, 5) is 12.0. The normalized spacial score (nSPS) is 11.3. The molecule has 0 aliphatic rings. The van der Waals surface area contributed by atoms with E-state index < -0.39 is 0 Å². The monoisotopic (exact) mass is 312 g/mol. The zero-order valence-corrected chi connectivity index (χ0v) is 12.6. The lowest BCUT2D eigenvalue weighted by Gasteiger charge is -2.22. The average Bonchev–Trinajstić information content (AvgIpc) is 2.31. The van der Waals surface area contributed by atoms with E-state index in [2.05, 4.69) is 27.3 Å². The molecular weight excluding hydrogens is 292 g/mol. The van der Waals surface area contributed by atoms with Gasteiger partial charge in [0, 0.05) is 16.4 Å². The van der Waals surface area contributed by atoms with Crippen LogP contribution in [0.2, 0.25) is 0 Å². The molecule has 0 unspecified atom stereocenters. The van der Waals surface area contributed by atoms with Crippen molar-refractivity contribution >= 4 is 21.8 Å². The molecule has 100 valence electrons. The van der Waals surface area contributed by atoms with E-state index in [9.17, 15) is 4.79 Å². The number of carbonyl (C=O) groups is 1. The van der Waals surface area contributed by atoms with Gasteiger partial charge in [0.05, 0.1) is 0 Å². The number of rotatable bonds is 6. The standard InChI is InChI=1S/C14H21BrN2O/c1-14(2,8-9-16)13(18)17-10-7-11-5-3-4-6-12(11)15/h3-6H,7-10,16H2,1-2H3,(H,17,18). The Balaban J connectivity index is 2.43. The molecule has 0 atom stereocenters. The Morgan fingerprint density at radius 2 is 2.06 bits per heavy atom. The topological polar surface area (TPSA) is 55.1 Å². The molecule has 0 aliphatic carbocycles. The van der Waals surface area contributed by atoms with Crippen molar-refractivity contribution in [1.82, 2.24) is 5.32 Å². The molecule has 3 nitrogen and oxygen atoms in total. The summed E-state index contributed by atoms with van der Waals surface area (Å²) >= 11 is 3.50. The lowest BCUT2D eigenvalue weighted by Crippen LogP contribution is -2.39. The van der Waals surface area contributed by atoms with Crippen molar-refractivity contribution in [2.75, 3.05) is 13.1 Å². The van der Waals surface area contributed by atoms with E-state index in [0.717, 1.165) is 10.9 Å². The van der Waals surface area contributed by atoms with Crippen LogP contribution in [0, 0.1) is 5.41 Å². The highest BCUT2D eigenvalue weighted by Gasteiger charge is 2.25. The summed E-state index contributed by atoms with van der Waals surface area (Å²) in [6.45, 7) is 5.03. The van der Waals surface area contributed by atoms with Gasteiger partial charge in [0.25, 0.3) is 0 Å². The molecule has 3 N–H and O–H groups in total. The van der Waals surface area contributed by atoms with Crippen LogP contribution in [0.25, 0.3) is 0 Å². The highest BCUT2D eigenvalue weighted by molar-refractivity contribution is 9.10. The maximum Gasteiger partial charge on any atom is 0.225 e. The highest BCUT2D eigenvalue weighted by Crippen LogP contribution is 2.19. The van der Waals surface area contributed by atoms with Gasteiger partial charge in [0.2, 0.25) is 5.91 Å². The van der Waals surface area contributed by atoms with Gasteiger partial charge in [-0.2, -0.15) is 0 Å². The van der Waals surface area contributed by atoms with Gasteiger partial charge in [-0.3, -0.25) is 4.79 Å². The van der Waals surface area contributed by atoms with E-state index in [-0.39, 0.29) is 11.3 Å². The molecule has 0 spiro atoms. The molecule has 0 fully saturated rings. The minimum Gasteiger partial charge on any atom is -0.355 e. The van der Waals surface area contributed by atoms with E-state index in [0.29, 0.717) is 19.5 Å². The number of halogens is 1. The number of hydrogen-bond donors (Lipinski definition) is 2. The van der Waals surface area contributed by atoms with Gasteiger partial charge in [-0.05, 0) is 31.0 Å². The summed E-state index contributed by atoms with van der Waals surface area (Å²) < 4.78 is 1.08. The predicted molar refractivity (Wildman–Crippen MR) is 78.3 cm³/mol. The van der Waals surface area contributed by atoms with E-state index in [4.69, 9.17) is 5.73 Å². The number of amides is 1. The molecule has 0 aromatic heterocycles. The minimum atomic E-state index is -0.386. The summed E-state index contributed by atoms with van der Waals surface area (Å²) in [5, 5.41) is 2.97. The number of benzene rings is 1. The van der Waals surface area contributed by atoms with Crippen LogP contribution in [0.5, 0.6) is 0 Å². The van der Waals surface area contributed by atoms with Crippen molar-refractivity contribution in [3.63, 3.8) is 0 Å². The highest BCUT2D eigenvalue weighted by atomic mass is 79.9. The average molecular weight is 313 g/mol. The van der Waals surface area contributed by atoms with Crippen LogP contribution >= 0.6 is 15.9 Å². The smallest absolute Gasteiger partial charge is 0.225 e. The van der Waals surface area contributed by atoms with Crippen LogP contribution in [0.3, 0.4) is 0 Å². The van der Waals surface area contributed by atoms with Crippen LogP contribution in [0.15, 0.2) is 28.7 Å². The molecule has 1 aromatic carbocycles. The molecule has 1 aromatic rings. The summed E-state index contributed by atoms with van der Waals surface area (Å²) in [6, 6.07) is 8.05. The summed E-state index contributed by atoms with van der Waals surface area (Å²) in [6.07, 6.45) is 1.53. The van der Waals surface area contributed by atoms with Gasteiger partial charge in [-0.25, -0.2) is 0 Å². The Labute approximate surface area is 117 Å². The molecule has 0 radical (unpaired) electrons. The van der Waals surface area contributed by atoms with Crippen LogP contribution in [0.4, 0.5) is 0 Å². The van der Waals surface area contributed by atoms with E-state index in [1.807, 2.05) is 32.0 Å². The maximum absolute atomic E-state index is 12.0. The molecule has 4 heteroatoms. The Kier molecular flexibility index (Phi) is 5.82. The molecule has 0 saturated carbocycles. The van der Waals surface area contributed by atoms with Gasteiger partial charge < -0.3 is 11.1 Å². The molecule has 1 rings (SSSR count). The van der Waals surface area contributed by atoms with Gasteiger partial charge >= 0.3 is 0 Å². The van der Waals surface area contributed by atoms with Gasteiger partial charge in [0.1, 0.15) is 0 Å². The number of nitrogens with one attached hydrogen (secondary N) is 1. The van der Waals surface area contributed by atoms with Crippen LogP contribution in [-0.4, -0.2) is 19.0 Å². The molecular formula is C14H21BrN2O. The van der Waals surface area contributed by atoms with E-state index in [1.165, 1.54) is 5.56 Å². The number of hydrogen-bond acceptors (Lipinski definition) is 2. The van der Waals surface area contributed by atoms with Crippen LogP contribution in [0.1, 0.15) is 25.8 Å². The Morgan fingerprint density at radius 1 is 1.39 bits per heavy atom. The number of nitrogens with two attached hydrogens (primary N) is 1. The molecule has 0 saturated heterocycles. The van der Waals surface area contributed by atoms with Crippen molar-refractivity contribution in [3.8, 4) is 0 Å². The van der Waals surface area contributed by atoms with E-state index in [1.54, 1.807) is 0 Å². The summed E-state index contributed by atoms with van der Waals surface area (Å²) in [5.74, 6) is 0.0694. The lowest BCUT2D eigenvalue weighted by atomic mass is 9.88. The Bertz CT molecular complexity index is 405. The SMILES string of the molecule is CC(C)(CCN)C(=O)NCCc1ccccc1Br. The second kappa shape index (κ2) is 6.90. The minimum absolute atomic E-state index is 0.0694. The first-order valence-electron chi connectivity index (χ1n) is 6.19. The third kappa shape index (κ3) is 4.42. The third-order valence-electron chi connectivity index (χ3n) is 3.02. The predicted octanol–water partition coefficient (Wildman–Crippen LogP) is 2.48. The molecule has 0 heterocycles. The van der Waals surface area contributed by atoms with Crippen LogP contribution in [-0.2, 0) is 11.2 Å². The zero-order chi connectivity index (χ0) is 13.6. The summed E-state index contributed by atoms with van der Waals surface area (Å²) in [5.41, 5.74) is 6.32. The largest absolute Gasteiger partial charge is 0.355 e. The first kappa shape index (κ1) is 15.2. The molecule has 0 bridgehead atoms. The third-order valence-corrected chi connectivity index (χ3v) is 3.80. The van der Waals surface area contributed by atoms with Crippen molar-refractivity contribution in [3.05, 3.63) is 34.3 Å². The number of carbonyl (C=O) groups excluding carboxylic acids is 1. The second-order valence-corrected chi connectivity index (χ2v) is 5.87. The Hall–Kier alpha value is -0.870. The maximum atomic E-state index is 12.0. The zero-order valence-electron chi connectivity index (χ0n) is 11.0. The van der Waals surface area contributed by atoms with Crippen molar-refractivity contribution < 1.29 is 4.79 Å². The Morgan fingerprint density at radius 3 is 2.67 bits per heavy atom.